The summed E-state index contributed by atoms with van der Waals surface area (Å²) in [6.45, 7) is 2.79. The van der Waals surface area contributed by atoms with Crippen LogP contribution in [0, 0.1) is 0 Å². The molecule has 0 bridgehead atoms. The van der Waals surface area contributed by atoms with E-state index in [1.807, 2.05) is 6.20 Å². The summed E-state index contributed by atoms with van der Waals surface area (Å²) in [4.78, 5) is 5.59. The first-order chi connectivity index (χ1) is 7.78. The van der Waals surface area contributed by atoms with E-state index in [4.69, 9.17) is 5.73 Å². The summed E-state index contributed by atoms with van der Waals surface area (Å²) in [5.41, 5.74) is 5.44. The minimum absolute atomic E-state index is 0.424. The van der Waals surface area contributed by atoms with Crippen LogP contribution in [-0.2, 0) is 13.0 Å². The maximum absolute atomic E-state index is 5.44. The van der Waals surface area contributed by atoms with Crippen molar-refractivity contribution in [2.45, 2.75) is 19.9 Å². The van der Waals surface area contributed by atoms with Crippen LogP contribution in [0.25, 0.3) is 0 Å². The number of nitrogen functional groups attached to an aromatic ring is 1. The van der Waals surface area contributed by atoms with E-state index in [0.29, 0.717) is 18.2 Å². The molecule has 0 aromatic carbocycles. The molecule has 0 aliphatic heterocycles. The van der Waals surface area contributed by atoms with E-state index in [0.717, 1.165) is 11.4 Å². The third-order valence-electron chi connectivity index (χ3n) is 2.06. The lowest BCUT2D eigenvalue weighted by Gasteiger charge is -2.01. The fourth-order valence-corrected chi connectivity index (χ4v) is 2.00. The maximum Gasteiger partial charge on any atom is 0.149 e. The highest BCUT2D eigenvalue weighted by Crippen LogP contribution is 2.14. The van der Waals surface area contributed by atoms with Gasteiger partial charge in [-0.1, -0.05) is 6.92 Å². The largest absolute Gasteiger partial charge is 0.382 e. The number of aryl methyl sites for hydroxylation is 1. The summed E-state index contributed by atoms with van der Waals surface area (Å²) in [7, 11) is 0. The van der Waals surface area contributed by atoms with Crippen LogP contribution < -0.4 is 11.1 Å². The van der Waals surface area contributed by atoms with Crippen molar-refractivity contribution in [3.63, 3.8) is 0 Å². The molecule has 0 amide bonds. The van der Waals surface area contributed by atoms with Gasteiger partial charge in [-0.15, -0.1) is 21.5 Å². The van der Waals surface area contributed by atoms with Crippen molar-refractivity contribution in [2.75, 3.05) is 11.1 Å². The first kappa shape index (κ1) is 10.8. The van der Waals surface area contributed by atoms with Crippen molar-refractivity contribution < 1.29 is 0 Å². The molecular weight excluding hydrogens is 222 g/mol. The molecule has 2 heterocycles. The number of anilines is 2. The van der Waals surface area contributed by atoms with E-state index in [1.54, 1.807) is 23.5 Å². The average molecular weight is 235 g/mol. The number of nitrogens with one attached hydrogen (secondary N) is 1. The second-order valence-corrected chi connectivity index (χ2v) is 4.47. The van der Waals surface area contributed by atoms with Gasteiger partial charge in [0.15, 0.2) is 0 Å². The summed E-state index contributed by atoms with van der Waals surface area (Å²) in [6.07, 6.45) is 2.94. The molecule has 0 spiro atoms. The highest BCUT2D eigenvalue weighted by molar-refractivity contribution is 7.11. The van der Waals surface area contributed by atoms with Gasteiger partial charge in [-0.25, -0.2) is 4.98 Å². The third-order valence-corrected chi connectivity index (χ3v) is 3.20. The van der Waals surface area contributed by atoms with Gasteiger partial charge in [-0.3, -0.25) is 0 Å². The van der Waals surface area contributed by atoms with Crippen LogP contribution in [-0.4, -0.2) is 15.2 Å². The van der Waals surface area contributed by atoms with Crippen molar-refractivity contribution in [1.29, 1.82) is 0 Å². The first-order valence-electron chi connectivity index (χ1n) is 5.04. The number of nitrogens with zero attached hydrogens (tertiary/aromatic N) is 3. The maximum atomic E-state index is 5.44. The second kappa shape index (κ2) is 4.89. The standard InChI is InChI=1S/C10H13N5S/c1-2-7-5-13-10(16-7)6-12-9-4-3-8(11)14-15-9/h3-5H,2,6H2,1H3,(H2,11,14)(H,12,15). The number of thiazole rings is 1. The predicted octanol–water partition coefficient (Wildman–Crippen LogP) is 1.69. The van der Waals surface area contributed by atoms with Crippen molar-refractivity contribution >= 4 is 23.0 Å². The van der Waals surface area contributed by atoms with Crippen molar-refractivity contribution in [2.24, 2.45) is 0 Å². The van der Waals surface area contributed by atoms with Gasteiger partial charge >= 0.3 is 0 Å². The molecule has 0 atom stereocenters. The molecule has 0 aliphatic carbocycles. The molecule has 6 heteroatoms. The van der Waals surface area contributed by atoms with E-state index < -0.39 is 0 Å². The molecule has 0 radical (unpaired) electrons. The van der Waals surface area contributed by atoms with E-state index in [9.17, 15) is 0 Å². The van der Waals surface area contributed by atoms with Crippen LogP contribution in [0.15, 0.2) is 18.3 Å². The topological polar surface area (TPSA) is 76.7 Å². The van der Waals surface area contributed by atoms with Gasteiger partial charge in [-0.05, 0) is 18.6 Å². The number of rotatable bonds is 4. The fraction of sp³-hybridized carbons (Fsp3) is 0.300. The SMILES string of the molecule is CCc1cnc(CNc2ccc(N)nn2)s1. The van der Waals surface area contributed by atoms with E-state index in [-0.39, 0.29) is 0 Å². The van der Waals surface area contributed by atoms with Gasteiger partial charge in [0.05, 0.1) is 6.54 Å². The lowest BCUT2D eigenvalue weighted by molar-refractivity contribution is 1.00. The summed E-state index contributed by atoms with van der Waals surface area (Å²) in [5, 5.41) is 11.9. The van der Waals surface area contributed by atoms with Gasteiger partial charge < -0.3 is 11.1 Å². The predicted molar refractivity (Wildman–Crippen MR) is 65.3 cm³/mol. The molecular formula is C10H13N5S. The number of nitrogens with two attached hydrogens (primary N) is 1. The molecule has 3 N–H and O–H groups in total. The quantitative estimate of drug-likeness (QED) is 0.843. The Morgan fingerprint density at radius 3 is 2.88 bits per heavy atom. The van der Waals surface area contributed by atoms with Gasteiger partial charge in [0.25, 0.3) is 0 Å². The Labute approximate surface area is 97.7 Å². The molecule has 2 aromatic heterocycles. The smallest absolute Gasteiger partial charge is 0.149 e. The molecule has 0 fully saturated rings. The van der Waals surface area contributed by atoms with E-state index in [1.165, 1.54) is 4.88 Å². The molecule has 84 valence electrons. The molecule has 0 saturated carbocycles. The zero-order valence-electron chi connectivity index (χ0n) is 8.97. The summed E-state index contributed by atoms with van der Waals surface area (Å²) >= 11 is 1.71. The van der Waals surface area contributed by atoms with E-state index >= 15 is 0 Å². The number of hydrogen-bond acceptors (Lipinski definition) is 6. The molecule has 5 nitrogen and oxygen atoms in total. The van der Waals surface area contributed by atoms with Crippen LogP contribution in [0.1, 0.15) is 16.8 Å². The number of hydrogen-bond donors (Lipinski definition) is 2. The average Bonchev–Trinajstić information content (AvgIpc) is 2.76. The number of aromatic nitrogens is 3. The Balaban J connectivity index is 1.94. The molecule has 2 aromatic rings. The highest BCUT2D eigenvalue weighted by atomic mass is 32.1. The van der Waals surface area contributed by atoms with Gasteiger partial charge in [0, 0.05) is 11.1 Å². The molecule has 0 saturated heterocycles. The fourth-order valence-electron chi connectivity index (χ4n) is 1.20. The Bertz CT molecular complexity index is 450. The zero-order chi connectivity index (χ0) is 11.4. The normalized spacial score (nSPS) is 10.3. The lowest BCUT2D eigenvalue weighted by atomic mass is 10.4. The molecule has 2 rings (SSSR count). The van der Waals surface area contributed by atoms with Crippen LogP contribution in [0.3, 0.4) is 0 Å². The molecule has 0 aliphatic rings. The summed E-state index contributed by atoms with van der Waals surface area (Å²) < 4.78 is 0. The monoisotopic (exact) mass is 235 g/mol. The van der Waals surface area contributed by atoms with Crippen LogP contribution in [0.2, 0.25) is 0 Å². The Morgan fingerprint density at radius 1 is 1.38 bits per heavy atom. The highest BCUT2D eigenvalue weighted by Gasteiger charge is 2.01. The molecule has 0 unspecified atom stereocenters. The minimum Gasteiger partial charge on any atom is -0.382 e. The summed E-state index contributed by atoms with van der Waals surface area (Å²) in [6, 6.07) is 3.52. The molecule has 16 heavy (non-hydrogen) atoms. The van der Waals surface area contributed by atoms with Crippen LogP contribution in [0.5, 0.6) is 0 Å². The van der Waals surface area contributed by atoms with Crippen molar-refractivity contribution in [1.82, 2.24) is 15.2 Å². The Morgan fingerprint density at radius 2 is 2.25 bits per heavy atom. The van der Waals surface area contributed by atoms with Crippen LogP contribution in [0.4, 0.5) is 11.6 Å². The Hall–Kier alpha value is -1.69. The van der Waals surface area contributed by atoms with Gasteiger partial charge in [-0.2, -0.15) is 0 Å². The van der Waals surface area contributed by atoms with E-state index in [2.05, 4.69) is 27.4 Å². The lowest BCUT2D eigenvalue weighted by Crippen LogP contribution is -2.02. The van der Waals surface area contributed by atoms with Crippen molar-refractivity contribution in [3.8, 4) is 0 Å². The Kier molecular flexibility index (Phi) is 3.31. The second-order valence-electron chi connectivity index (χ2n) is 3.27. The zero-order valence-corrected chi connectivity index (χ0v) is 9.79. The first-order valence-corrected chi connectivity index (χ1v) is 5.86. The summed E-state index contributed by atoms with van der Waals surface area (Å²) in [5.74, 6) is 1.13. The third kappa shape index (κ3) is 2.66. The minimum atomic E-state index is 0.424. The van der Waals surface area contributed by atoms with Crippen molar-refractivity contribution in [3.05, 3.63) is 28.2 Å². The van der Waals surface area contributed by atoms with Crippen LogP contribution >= 0.6 is 11.3 Å². The van der Waals surface area contributed by atoms with Gasteiger partial charge in [0.1, 0.15) is 16.6 Å². The van der Waals surface area contributed by atoms with Gasteiger partial charge in [0.2, 0.25) is 0 Å².